The van der Waals surface area contributed by atoms with E-state index in [1.807, 2.05) is 4.98 Å². The van der Waals surface area contributed by atoms with E-state index in [0.29, 0.717) is 0 Å². The predicted octanol–water partition coefficient (Wildman–Crippen LogP) is -1.82. The van der Waals surface area contributed by atoms with Gasteiger partial charge in [0.1, 0.15) is 18.5 Å². The zero-order chi connectivity index (χ0) is 14.9. The van der Waals surface area contributed by atoms with Crippen LogP contribution in [-0.2, 0) is 4.74 Å². The number of aliphatic hydroxyl groups excluding tert-OH is 2. The van der Waals surface area contributed by atoms with Gasteiger partial charge in [0, 0.05) is 0 Å². The molecule has 1 aromatic heterocycles. The highest BCUT2D eigenvalue weighted by atomic mass is 35.5. The number of halogens is 1. The first-order valence-electron chi connectivity index (χ1n) is 5.68. The van der Waals surface area contributed by atoms with Crippen molar-refractivity contribution in [1.29, 1.82) is 0 Å². The Morgan fingerprint density at radius 3 is 2.90 bits per heavy atom. The van der Waals surface area contributed by atoms with Gasteiger partial charge in [-0.25, -0.2) is 9.59 Å². The van der Waals surface area contributed by atoms with Gasteiger partial charge in [0.05, 0.1) is 6.61 Å². The lowest BCUT2D eigenvalue weighted by atomic mass is 9.99. The zero-order valence-electron chi connectivity index (χ0n) is 10.4. The first-order valence-corrected chi connectivity index (χ1v) is 6.06. The molecule has 1 aromatic rings. The van der Waals surface area contributed by atoms with Gasteiger partial charge >= 0.3 is 11.4 Å². The molecule has 3 N–H and O–H groups in total. The Labute approximate surface area is 118 Å². The van der Waals surface area contributed by atoms with E-state index in [1.165, 1.54) is 6.92 Å². The van der Waals surface area contributed by atoms with Crippen molar-refractivity contribution in [2.75, 3.05) is 6.61 Å². The molecule has 2 heterocycles. The number of hydrogen-bond donors (Lipinski definition) is 3. The van der Waals surface area contributed by atoms with Crippen molar-refractivity contribution in [1.82, 2.24) is 14.5 Å². The minimum atomic E-state index is -1.63. The molecule has 1 saturated heterocycles. The van der Waals surface area contributed by atoms with Crippen LogP contribution >= 0.6 is 11.6 Å². The van der Waals surface area contributed by atoms with Crippen LogP contribution in [0.5, 0.6) is 0 Å². The van der Waals surface area contributed by atoms with Crippen LogP contribution in [0.25, 0.3) is 0 Å². The molecule has 0 bridgehead atoms. The highest BCUT2D eigenvalue weighted by Gasteiger charge is 2.55. The van der Waals surface area contributed by atoms with E-state index in [2.05, 4.69) is 16.8 Å². The molecule has 1 aliphatic rings. The third-order valence-electron chi connectivity index (χ3n) is 2.94. The van der Waals surface area contributed by atoms with Crippen molar-refractivity contribution in [3.8, 4) is 11.8 Å². The van der Waals surface area contributed by atoms with Crippen LogP contribution < -0.4 is 11.4 Å². The molecule has 9 heteroatoms. The maximum absolute atomic E-state index is 11.8. The highest BCUT2D eigenvalue weighted by Crippen LogP contribution is 2.42. The summed E-state index contributed by atoms with van der Waals surface area (Å²) in [6.07, 6.45) is -2.56. The van der Waals surface area contributed by atoms with Gasteiger partial charge in [0.2, 0.25) is 0 Å². The maximum atomic E-state index is 11.8. The Balaban J connectivity index is 2.55. The molecule has 108 valence electrons. The fraction of sp³-hybridized carbons (Fsp3) is 0.545. The quantitative estimate of drug-likeness (QED) is 0.437. The molecule has 4 unspecified atom stereocenters. The van der Waals surface area contributed by atoms with E-state index >= 15 is 0 Å². The van der Waals surface area contributed by atoms with Crippen LogP contribution in [-0.4, -0.2) is 48.4 Å². The lowest BCUT2D eigenvalue weighted by Gasteiger charge is -2.25. The Hall–Kier alpha value is -1.66. The second-order valence-electron chi connectivity index (χ2n) is 4.18. The fourth-order valence-electron chi connectivity index (χ4n) is 2.02. The van der Waals surface area contributed by atoms with Crippen molar-refractivity contribution in [2.45, 2.75) is 30.2 Å². The minimum Gasteiger partial charge on any atom is -0.394 e. The molecule has 20 heavy (non-hydrogen) atoms. The van der Waals surface area contributed by atoms with Crippen LogP contribution in [0.1, 0.15) is 13.2 Å². The monoisotopic (exact) mass is 301 g/mol. The molecule has 0 amide bonds. The summed E-state index contributed by atoms with van der Waals surface area (Å²) >= 11 is 6.27. The molecule has 0 aliphatic carbocycles. The molecule has 1 aliphatic heterocycles. The molecule has 4 atom stereocenters. The molecule has 8 nitrogen and oxygen atoms in total. The average Bonchev–Trinajstić information content (AvgIpc) is 2.63. The summed E-state index contributed by atoms with van der Waals surface area (Å²) in [5, 5.41) is 19.3. The Morgan fingerprint density at radius 1 is 1.65 bits per heavy atom. The molecule has 0 saturated carbocycles. The number of nitrogens with zero attached hydrogens (tertiary/aromatic N) is 2. The van der Waals surface area contributed by atoms with Crippen molar-refractivity contribution in [3.05, 3.63) is 27.3 Å². The van der Waals surface area contributed by atoms with Crippen LogP contribution in [0.2, 0.25) is 0 Å². The summed E-state index contributed by atoms with van der Waals surface area (Å²) in [5.41, 5.74) is -1.62. The smallest absolute Gasteiger partial charge is 0.350 e. The largest absolute Gasteiger partial charge is 0.394 e. The first kappa shape index (κ1) is 14.7. The van der Waals surface area contributed by atoms with Gasteiger partial charge in [-0.05, 0) is 6.92 Å². The molecule has 0 radical (unpaired) electrons. The lowest BCUT2D eigenvalue weighted by molar-refractivity contribution is -0.0468. The van der Waals surface area contributed by atoms with Gasteiger partial charge < -0.3 is 14.9 Å². The topological polar surface area (TPSA) is 117 Å². The Kier molecular flexibility index (Phi) is 3.96. The van der Waals surface area contributed by atoms with E-state index in [0.717, 1.165) is 10.9 Å². The summed E-state index contributed by atoms with van der Waals surface area (Å²) in [6, 6.07) is 0. The Morgan fingerprint density at radius 2 is 2.35 bits per heavy atom. The minimum absolute atomic E-state index is 0.497. The third kappa shape index (κ3) is 2.25. The molecule has 2 rings (SSSR count). The standard InChI is InChI=1S/C11H12ClN3O5/c1-2-3-11(12)7(17)6(4-16)20-8(11)15-5-13-9(18)14-10(15)19/h5-8,16-17H,4H2,1H3,(H,14,18,19). The predicted molar refractivity (Wildman–Crippen MR) is 68.2 cm³/mol. The molecule has 1 fully saturated rings. The number of aliphatic hydroxyl groups is 2. The number of H-pyrrole nitrogens is 1. The lowest BCUT2D eigenvalue weighted by Crippen LogP contribution is -2.44. The number of nitrogens with one attached hydrogen (secondary N) is 1. The van der Waals surface area contributed by atoms with Crippen LogP contribution in [0.3, 0.4) is 0 Å². The summed E-state index contributed by atoms with van der Waals surface area (Å²) < 4.78 is 6.28. The van der Waals surface area contributed by atoms with Gasteiger partial charge in [-0.15, -0.1) is 5.92 Å². The number of ether oxygens (including phenoxy) is 1. The van der Waals surface area contributed by atoms with E-state index in [4.69, 9.17) is 21.4 Å². The van der Waals surface area contributed by atoms with Crippen LogP contribution in [0.15, 0.2) is 15.9 Å². The fourth-order valence-corrected chi connectivity index (χ4v) is 2.41. The van der Waals surface area contributed by atoms with E-state index in [1.54, 1.807) is 0 Å². The number of aromatic nitrogens is 3. The third-order valence-corrected chi connectivity index (χ3v) is 3.45. The summed E-state index contributed by atoms with van der Waals surface area (Å²) in [7, 11) is 0. The van der Waals surface area contributed by atoms with E-state index in [9.17, 15) is 14.7 Å². The number of hydrogen-bond acceptors (Lipinski definition) is 6. The van der Waals surface area contributed by atoms with Gasteiger partial charge in [-0.3, -0.25) is 9.55 Å². The normalized spacial score (nSPS) is 32.7. The van der Waals surface area contributed by atoms with Gasteiger partial charge in [0.15, 0.2) is 11.1 Å². The summed E-state index contributed by atoms with van der Waals surface area (Å²) in [4.78, 5) is 26.4. The summed E-state index contributed by atoms with van der Waals surface area (Å²) in [6.45, 7) is 1.01. The van der Waals surface area contributed by atoms with Crippen molar-refractivity contribution in [3.63, 3.8) is 0 Å². The summed E-state index contributed by atoms with van der Waals surface area (Å²) in [5.74, 6) is 5.12. The van der Waals surface area contributed by atoms with Gasteiger partial charge in [0.25, 0.3) is 0 Å². The molecule has 0 spiro atoms. The van der Waals surface area contributed by atoms with Crippen molar-refractivity contribution >= 4 is 11.6 Å². The average molecular weight is 302 g/mol. The van der Waals surface area contributed by atoms with Crippen molar-refractivity contribution in [2.24, 2.45) is 0 Å². The number of rotatable bonds is 2. The second kappa shape index (κ2) is 5.38. The zero-order valence-corrected chi connectivity index (χ0v) is 11.2. The molecule has 0 aromatic carbocycles. The molecular formula is C11H12ClN3O5. The van der Waals surface area contributed by atoms with Crippen LogP contribution in [0.4, 0.5) is 0 Å². The van der Waals surface area contributed by atoms with E-state index < -0.39 is 41.3 Å². The van der Waals surface area contributed by atoms with Crippen molar-refractivity contribution < 1.29 is 14.9 Å². The Bertz CT molecular complexity index is 675. The van der Waals surface area contributed by atoms with E-state index in [-0.39, 0.29) is 0 Å². The second-order valence-corrected chi connectivity index (χ2v) is 4.81. The van der Waals surface area contributed by atoms with Crippen LogP contribution in [0, 0.1) is 11.8 Å². The van der Waals surface area contributed by atoms with Gasteiger partial charge in [-0.1, -0.05) is 17.5 Å². The SMILES string of the molecule is CC#CC1(Cl)C(O)C(CO)OC1n1cnc(=O)[nH]c1=O. The van der Waals surface area contributed by atoms with Gasteiger partial charge in [-0.2, -0.15) is 4.98 Å². The number of aromatic amines is 1. The highest BCUT2D eigenvalue weighted by molar-refractivity contribution is 6.27. The first-order chi connectivity index (χ1) is 9.43. The number of alkyl halides is 1. The maximum Gasteiger partial charge on any atom is 0.350 e. The molecular weight excluding hydrogens is 290 g/mol.